The van der Waals surface area contributed by atoms with E-state index in [2.05, 4.69) is 5.32 Å². The van der Waals surface area contributed by atoms with Crippen molar-refractivity contribution in [3.63, 3.8) is 0 Å². The summed E-state index contributed by atoms with van der Waals surface area (Å²) < 4.78 is 11.7. The summed E-state index contributed by atoms with van der Waals surface area (Å²) in [5, 5.41) is 13.3. The molecule has 0 aromatic carbocycles. The van der Waals surface area contributed by atoms with Gasteiger partial charge in [0.05, 0.1) is 25.4 Å². The molecule has 3 atom stereocenters. The Morgan fingerprint density at radius 2 is 2.11 bits per heavy atom. The maximum absolute atomic E-state index is 9.69. The Hall–Kier alpha value is -0.160. The molecule has 1 saturated heterocycles. The minimum Gasteiger partial charge on any atom is -0.394 e. The Balaban J connectivity index is 1.42. The van der Waals surface area contributed by atoms with Crippen LogP contribution >= 0.6 is 0 Å². The highest BCUT2D eigenvalue weighted by Gasteiger charge is 2.42. The van der Waals surface area contributed by atoms with Gasteiger partial charge < -0.3 is 19.9 Å². The van der Waals surface area contributed by atoms with E-state index in [0.29, 0.717) is 18.2 Å². The molecule has 0 aromatic rings. The molecular weight excluding hydrogens is 242 g/mol. The van der Waals surface area contributed by atoms with Gasteiger partial charge in [-0.15, -0.1) is 0 Å². The summed E-state index contributed by atoms with van der Waals surface area (Å²) in [7, 11) is 0. The van der Waals surface area contributed by atoms with Crippen LogP contribution in [0.2, 0.25) is 0 Å². The van der Waals surface area contributed by atoms with E-state index < -0.39 is 0 Å². The molecule has 0 aromatic heterocycles. The summed E-state index contributed by atoms with van der Waals surface area (Å²) in [6, 6.07) is 0.646. The molecule has 3 fully saturated rings. The fourth-order valence-corrected chi connectivity index (χ4v) is 3.38. The van der Waals surface area contributed by atoms with Crippen LogP contribution in [-0.2, 0) is 9.47 Å². The summed E-state index contributed by atoms with van der Waals surface area (Å²) >= 11 is 0. The monoisotopic (exact) mass is 269 g/mol. The minimum atomic E-state index is -0.0702. The number of aliphatic hydroxyl groups is 1. The van der Waals surface area contributed by atoms with Crippen molar-refractivity contribution in [2.24, 2.45) is 0 Å². The Labute approximate surface area is 115 Å². The molecule has 1 aliphatic heterocycles. The van der Waals surface area contributed by atoms with Crippen LogP contribution in [-0.4, -0.2) is 48.7 Å². The van der Waals surface area contributed by atoms with Gasteiger partial charge in [0.25, 0.3) is 0 Å². The molecular formula is C15H27NO3. The largest absolute Gasteiger partial charge is 0.394 e. The van der Waals surface area contributed by atoms with Crippen molar-refractivity contribution in [1.82, 2.24) is 5.32 Å². The zero-order chi connectivity index (χ0) is 13.1. The van der Waals surface area contributed by atoms with Crippen LogP contribution in [0.4, 0.5) is 0 Å². The minimum absolute atomic E-state index is 0.0702. The summed E-state index contributed by atoms with van der Waals surface area (Å²) in [5.74, 6) is 0. The molecule has 2 saturated carbocycles. The molecule has 1 heterocycles. The number of hydrogen-bond acceptors (Lipinski definition) is 4. The standard InChI is InChI=1S/C15H27NO3/c17-11-15(16-12-4-5-12)7-6-13(9-15)19-10-14-3-1-2-8-18-14/h12-14,16-17H,1-11H2. The average Bonchev–Trinajstić information content (AvgIpc) is 3.17. The SMILES string of the molecule is OCC1(NC2CC2)CCC(OCC2CCCCO2)C1. The van der Waals surface area contributed by atoms with Crippen LogP contribution < -0.4 is 5.32 Å². The van der Waals surface area contributed by atoms with Crippen molar-refractivity contribution in [2.75, 3.05) is 19.8 Å². The highest BCUT2D eigenvalue weighted by molar-refractivity contribution is 5.01. The van der Waals surface area contributed by atoms with Crippen LogP contribution in [0.1, 0.15) is 51.4 Å². The van der Waals surface area contributed by atoms with Gasteiger partial charge in [-0.3, -0.25) is 0 Å². The van der Waals surface area contributed by atoms with E-state index in [-0.39, 0.29) is 12.1 Å². The second-order valence-corrected chi connectivity index (χ2v) is 6.54. The van der Waals surface area contributed by atoms with Gasteiger partial charge in [-0.05, 0) is 51.4 Å². The first kappa shape index (κ1) is 13.8. The lowest BCUT2D eigenvalue weighted by molar-refractivity contribution is -0.0631. The van der Waals surface area contributed by atoms with Crippen molar-refractivity contribution in [3.05, 3.63) is 0 Å². The summed E-state index contributed by atoms with van der Waals surface area (Å²) in [5.41, 5.74) is -0.0702. The highest BCUT2D eigenvalue weighted by atomic mass is 16.5. The zero-order valence-electron chi connectivity index (χ0n) is 11.8. The van der Waals surface area contributed by atoms with Crippen molar-refractivity contribution in [1.29, 1.82) is 0 Å². The smallest absolute Gasteiger partial charge is 0.0808 e. The first-order valence-electron chi connectivity index (χ1n) is 7.91. The lowest BCUT2D eigenvalue weighted by atomic mass is 9.98. The van der Waals surface area contributed by atoms with Crippen molar-refractivity contribution < 1.29 is 14.6 Å². The van der Waals surface area contributed by atoms with Gasteiger partial charge in [0.2, 0.25) is 0 Å². The van der Waals surface area contributed by atoms with Crippen LogP contribution in [0.3, 0.4) is 0 Å². The van der Waals surface area contributed by atoms with Gasteiger partial charge >= 0.3 is 0 Å². The second-order valence-electron chi connectivity index (χ2n) is 6.54. The quantitative estimate of drug-likeness (QED) is 0.769. The molecule has 0 spiro atoms. The van der Waals surface area contributed by atoms with Gasteiger partial charge in [-0.25, -0.2) is 0 Å². The number of nitrogens with one attached hydrogen (secondary N) is 1. The predicted molar refractivity (Wildman–Crippen MR) is 73.2 cm³/mol. The number of aliphatic hydroxyl groups excluding tert-OH is 1. The Bertz CT molecular complexity index is 289. The van der Waals surface area contributed by atoms with E-state index >= 15 is 0 Å². The van der Waals surface area contributed by atoms with Crippen LogP contribution in [0.25, 0.3) is 0 Å². The fraction of sp³-hybridized carbons (Fsp3) is 1.00. The molecule has 0 bridgehead atoms. The molecule has 2 N–H and O–H groups in total. The molecule has 3 rings (SSSR count). The molecule has 2 aliphatic carbocycles. The molecule has 0 amide bonds. The number of ether oxygens (including phenoxy) is 2. The zero-order valence-corrected chi connectivity index (χ0v) is 11.8. The first-order chi connectivity index (χ1) is 9.30. The van der Waals surface area contributed by atoms with Crippen molar-refractivity contribution in [3.8, 4) is 0 Å². The maximum atomic E-state index is 9.69. The maximum Gasteiger partial charge on any atom is 0.0808 e. The van der Waals surface area contributed by atoms with Crippen molar-refractivity contribution >= 4 is 0 Å². The number of hydrogen-bond donors (Lipinski definition) is 2. The average molecular weight is 269 g/mol. The number of rotatable bonds is 6. The third-order valence-electron chi connectivity index (χ3n) is 4.75. The summed E-state index contributed by atoms with van der Waals surface area (Å²) in [6.45, 7) is 1.86. The van der Waals surface area contributed by atoms with Gasteiger partial charge in [0.1, 0.15) is 0 Å². The van der Waals surface area contributed by atoms with Gasteiger partial charge in [-0.2, -0.15) is 0 Å². The van der Waals surface area contributed by atoms with Crippen LogP contribution in [0, 0.1) is 0 Å². The fourth-order valence-electron chi connectivity index (χ4n) is 3.38. The molecule has 3 aliphatic rings. The molecule has 19 heavy (non-hydrogen) atoms. The Morgan fingerprint density at radius 3 is 2.79 bits per heavy atom. The highest BCUT2D eigenvalue weighted by Crippen LogP contribution is 2.35. The van der Waals surface area contributed by atoms with Gasteiger partial charge in [0, 0.05) is 18.2 Å². The van der Waals surface area contributed by atoms with Crippen LogP contribution in [0.15, 0.2) is 0 Å². The topological polar surface area (TPSA) is 50.7 Å². The van der Waals surface area contributed by atoms with E-state index in [0.717, 1.165) is 38.9 Å². The lowest BCUT2D eigenvalue weighted by Gasteiger charge is -2.29. The third-order valence-corrected chi connectivity index (χ3v) is 4.75. The normalized spacial score (nSPS) is 39.6. The van der Waals surface area contributed by atoms with Crippen molar-refractivity contribution in [2.45, 2.75) is 75.2 Å². The Morgan fingerprint density at radius 1 is 1.21 bits per heavy atom. The lowest BCUT2D eigenvalue weighted by Crippen LogP contribution is -2.48. The molecule has 3 unspecified atom stereocenters. The summed E-state index contributed by atoms with van der Waals surface area (Å²) in [6.07, 6.45) is 9.78. The molecule has 4 heteroatoms. The van der Waals surface area contributed by atoms with Crippen LogP contribution in [0.5, 0.6) is 0 Å². The second kappa shape index (κ2) is 6.08. The summed E-state index contributed by atoms with van der Waals surface area (Å²) in [4.78, 5) is 0. The Kier molecular flexibility index (Phi) is 4.42. The van der Waals surface area contributed by atoms with Gasteiger partial charge in [-0.1, -0.05) is 0 Å². The molecule has 4 nitrogen and oxygen atoms in total. The van der Waals surface area contributed by atoms with E-state index in [1.54, 1.807) is 0 Å². The van der Waals surface area contributed by atoms with E-state index in [1.165, 1.54) is 25.7 Å². The van der Waals surface area contributed by atoms with E-state index in [4.69, 9.17) is 9.47 Å². The van der Waals surface area contributed by atoms with Gasteiger partial charge in [0.15, 0.2) is 0 Å². The molecule has 0 radical (unpaired) electrons. The van der Waals surface area contributed by atoms with E-state index in [1.807, 2.05) is 0 Å². The third kappa shape index (κ3) is 3.69. The first-order valence-corrected chi connectivity index (χ1v) is 7.91. The predicted octanol–water partition coefficient (Wildman–Crippen LogP) is 1.61. The van der Waals surface area contributed by atoms with E-state index in [9.17, 15) is 5.11 Å². The molecule has 110 valence electrons.